The molecule has 2 rings (SSSR count). The van der Waals surface area contributed by atoms with Gasteiger partial charge < -0.3 is 14.6 Å². The Kier molecular flexibility index (Phi) is 5.73. The highest BCUT2D eigenvalue weighted by Crippen LogP contribution is 2.19. The Hall–Kier alpha value is -2.63. The van der Waals surface area contributed by atoms with Crippen molar-refractivity contribution in [2.24, 2.45) is 0 Å². The zero-order valence-electron chi connectivity index (χ0n) is 14.5. The van der Waals surface area contributed by atoms with E-state index in [9.17, 15) is 9.59 Å². The average Bonchev–Trinajstić information content (AvgIpc) is 2.53. The number of aryl methyl sites for hydroxylation is 3. The summed E-state index contributed by atoms with van der Waals surface area (Å²) in [5, 5.41) is 0. The Morgan fingerprint density at radius 1 is 1.29 bits per heavy atom. The van der Waals surface area contributed by atoms with Crippen LogP contribution in [0, 0.1) is 20.8 Å². The number of nitrogens with one attached hydrogen (secondary N) is 1. The summed E-state index contributed by atoms with van der Waals surface area (Å²) < 4.78 is 5.77. The van der Waals surface area contributed by atoms with Gasteiger partial charge in [0, 0.05) is 19.8 Å². The van der Waals surface area contributed by atoms with Crippen molar-refractivity contribution >= 4 is 5.91 Å². The molecule has 6 heteroatoms. The summed E-state index contributed by atoms with van der Waals surface area (Å²) in [4.78, 5) is 32.1. The molecular weight excluding hydrogens is 306 g/mol. The fourth-order valence-electron chi connectivity index (χ4n) is 2.29. The van der Waals surface area contributed by atoms with Crippen molar-refractivity contribution in [3.8, 4) is 5.75 Å². The minimum atomic E-state index is -0.411. The number of amides is 1. The quantitative estimate of drug-likeness (QED) is 0.825. The number of hydrogen-bond acceptors (Lipinski definition) is 4. The summed E-state index contributed by atoms with van der Waals surface area (Å²) in [5.41, 5.74) is 1.88. The molecule has 1 aromatic carbocycles. The monoisotopic (exact) mass is 329 g/mol. The van der Waals surface area contributed by atoms with Crippen molar-refractivity contribution in [2.45, 2.75) is 27.2 Å². The minimum absolute atomic E-state index is 0.0542. The van der Waals surface area contributed by atoms with Gasteiger partial charge >= 0.3 is 0 Å². The lowest BCUT2D eigenvalue weighted by molar-refractivity contribution is 0.0785. The number of aromatic nitrogens is 2. The Labute approximate surface area is 141 Å². The molecule has 0 atom stereocenters. The van der Waals surface area contributed by atoms with Gasteiger partial charge in [0.15, 0.2) is 0 Å². The Morgan fingerprint density at radius 2 is 2.04 bits per heavy atom. The highest BCUT2D eigenvalue weighted by atomic mass is 16.5. The molecule has 1 aromatic heterocycles. The first-order chi connectivity index (χ1) is 11.4. The van der Waals surface area contributed by atoms with Gasteiger partial charge in [-0.05, 0) is 44.4 Å². The average molecular weight is 329 g/mol. The van der Waals surface area contributed by atoms with E-state index in [4.69, 9.17) is 4.74 Å². The number of nitrogens with zero attached hydrogens (tertiary/aromatic N) is 2. The van der Waals surface area contributed by atoms with E-state index in [0.29, 0.717) is 25.4 Å². The van der Waals surface area contributed by atoms with E-state index in [1.54, 1.807) is 14.0 Å². The van der Waals surface area contributed by atoms with Crippen LogP contribution >= 0.6 is 0 Å². The molecule has 0 aliphatic carbocycles. The molecule has 1 N–H and O–H groups in total. The van der Waals surface area contributed by atoms with Crippen LogP contribution in [0.5, 0.6) is 5.75 Å². The number of ether oxygens (including phenoxy) is 1. The van der Waals surface area contributed by atoms with Crippen molar-refractivity contribution in [2.75, 3.05) is 20.2 Å². The summed E-state index contributed by atoms with van der Waals surface area (Å²) in [5.74, 6) is 1.01. The Morgan fingerprint density at radius 3 is 2.75 bits per heavy atom. The zero-order chi connectivity index (χ0) is 17.7. The number of hydrogen-bond donors (Lipinski definition) is 1. The van der Waals surface area contributed by atoms with Crippen LogP contribution in [0.1, 0.15) is 33.7 Å². The molecule has 0 fully saturated rings. The lowest BCUT2D eigenvalue weighted by Gasteiger charge is -2.17. The second kappa shape index (κ2) is 7.77. The van der Waals surface area contributed by atoms with Gasteiger partial charge in [-0.2, -0.15) is 0 Å². The van der Waals surface area contributed by atoms with Gasteiger partial charge in [-0.25, -0.2) is 4.98 Å². The third kappa shape index (κ3) is 4.44. The van der Waals surface area contributed by atoms with Gasteiger partial charge in [-0.1, -0.05) is 12.1 Å². The number of aromatic amines is 1. The molecule has 0 bridgehead atoms. The molecule has 0 spiro atoms. The first-order valence-corrected chi connectivity index (χ1v) is 7.90. The Bertz CT molecular complexity index is 783. The molecule has 0 saturated heterocycles. The molecule has 2 aromatic rings. The van der Waals surface area contributed by atoms with Crippen molar-refractivity contribution in [1.82, 2.24) is 14.9 Å². The molecule has 6 nitrogen and oxygen atoms in total. The second-order valence-electron chi connectivity index (χ2n) is 5.91. The van der Waals surface area contributed by atoms with Crippen LogP contribution < -0.4 is 10.3 Å². The van der Waals surface area contributed by atoms with Gasteiger partial charge in [0.1, 0.15) is 17.1 Å². The first-order valence-electron chi connectivity index (χ1n) is 7.90. The maximum Gasteiger partial charge on any atom is 0.263 e. The predicted molar refractivity (Wildman–Crippen MR) is 92.6 cm³/mol. The lowest BCUT2D eigenvalue weighted by atomic mass is 10.1. The van der Waals surface area contributed by atoms with Crippen LogP contribution in [0.15, 0.2) is 29.2 Å². The van der Waals surface area contributed by atoms with E-state index in [1.165, 1.54) is 11.1 Å². The third-order valence-corrected chi connectivity index (χ3v) is 3.74. The minimum Gasteiger partial charge on any atom is -0.493 e. The Balaban J connectivity index is 1.86. The highest BCUT2D eigenvalue weighted by Gasteiger charge is 2.15. The van der Waals surface area contributed by atoms with E-state index in [2.05, 4.69) is 9.97 Å². The maximum atomic E-state index is 12.3. The topological polar surface area (TPSA) is 75.3 Å². The molecular formula is C18H23N3O3. The number of benzene rings is 1. The number of carbonyl (C=O) groups excluding carboxylic acids is 1. The fourth-order valence-corrected chi connectivity index (χ4v) is 2.29. The van der Waals surface area contributed by atoms with Crippen LogP contribution in [0.4, 0.5) is 0 Å². The summed E-state index contributed by atoms with van der Waals surface area (Å²) in [6.45, 7) is 6.69. The maximum absolute atomic E-state index is 12.3. The molecule has 0 aliphatic heterocycles. The van der Waals surface area contributed by atoms with E-state index in [-0.39, 0.29) is 11.5 Å². The summed E-state index contributed by atoms with van der Waals surface area (Å²) in [6, 6.07) is 6.07. The number of carbonyl (C=O) groups is 1. The van der Waals surface area contributed by atoms with E-state index in [1.807, 2.05) is 32.0 Å². The molecule has 24 heavy (non-hydrogen) atoms. The molecule has 0 unspecified atom stereocenters. The van der Waals surface area contributed by atoms with Gasteiger partial charge in [-0.15, -0.1) is 0 Å². The molecule has 0 aliphatic rings. The highest BCUT2D eigenvalue weighted by molar-refractivity contribution is 5.93. The van der Waals surface area contributed by atoms with Gasteiger partial charge in [0.05, 0.1) is 6.61 Å². The standard InChI is InChI=1S/C18H23N3O3/c1-12-6-7-13(2)16(10-12)24-9-5-8-21(4)18(23)15-11-19-14(3)20-17(15)22/h6-7,10-11H,5,8-9H2,1-4H3,(H,19,20,22). The van der Waals surface area contributed by atoms with Crippen LogP contribution in [-0.2, 0) is 0 Å². The summed E-state index contributed by atoms with van der Waals surface area (Å²) >= 11 is 0. The smallest absolute Gasteiger partial charge is 0.263 e. The van der Waals surface area contributed by atoms with Crippen molar-refractivity contribution in [3.63, 3.8) is 0 Å². The SMILES string of the molecule is Cc1ccc(C)c(OCCCN(C)C(=O)c2cnc(C)[nH]c2=O)c1. The van der Waals surface area contributed by atoms with Crippen LogP contribution in [0.3, 0.4) is 0 Å². The van der Waals surface area contributed by atoms with Gasteiger partial charge in [-0.3, -0.25) is 9.59 Å². The lowest BCUT2D eigenvalue weighted by Crippen LogP contribution is -2.33. The predicted octanol–water partition coefficient (Wildman–Crippen LogP) is 2.24. The van der Waals surface area contributed by atoms with Gasteiger partial charge in [0.2, 0.25) is 0 Å². The van der Waals surface area contributed by atoms with E-state index in [0.717, 1.165) is 16.9 Å². The number of H-pyrrole nitrogens is 1. The molecule has 0 saturated carbocycles. The first kappa shape index (κ1) is 17.7. The zero-order valence-corrected chi connectivity index (χ0v) is 14.5. The summed E-state index contributed by atoms with van der Waals surface area (Å²) in [7, 11) is 1.67. The van der Waals surface area contributed by atoms with Gasteiger partial charge in [0.25, 0.3) is 11.5 Å². The largest absolute Gasteiger partial charge is 0.493 e. The van der Waals surface area contributed by atoms with E-state index >= 15 is 0 Å². The molecule has 0 radical (unpaired) electrons. The third-order valence-electron chi connectivity index (χ3n) is 3.74. The summed E-state index contributed by atoms with van der Waals surface area (Å²) in [6.07, 6.45) is 1.99. The number of rotatable bonds is 6. The molecule has 128 valence electrons. The molecule has 1 heterocycles. The van der Waals surface area contributed by atoms with Crippen molar-refractivity contribution in [3.05, 3.63) is 57.3 Å². The molecule has 1 amide bonds. The fraction of sp³-hybridized carbons (Fsp3) is 0.389. The van der Waals surface area contributed by atoms with Crippen LogP contribution in [0.2, 0.25) is 0 Å². The van der Waals surface area contributed by atoms with Crippen LogP contribution in [0.25, 0.3) is 0 Å². The normalized spacial score (nSPS) is 10.5. The second-order valence-corrected chi connectivity index (χ2v) is 5.91. The van der Waals surface area contributed by atoms with Crippen molar-refractivity contribution < 1.29 is 9.53 Å². The van der Waals surface area contributed by atoms with Crippen molar-refractivity contribution in [1.29, 1.82) is 0 Å². The van der Waals surface area contributed by atoms with E-state index < -0.39 is 5.56 Å². The van der Waals surface area contributed by atoms with Crippen LogP contribution in [-0.4, -0.2) is 41.0 Å².